The molecule has 3 amide bonds. The van der Waals surface area contributed by atoms with E-state index < -0.39 is 6.04 Å². The quantitative estimate of drug-likeness (QED) is 0.647. The van der Waals surface area contributed by atoms with E-state index in [1.54, 1.807) is 4.90 Å². The highest BCUT2D eigenvalue weighted by atomic mass is 16.2. The predicted molar refractivity (Wildman–Crippen MR) is 102 cm³/mol. The molecule has 5 rings (SSSR count). The monoisotopic (exact) mass is 382 g/mol. The summed E-state index contributed by atoms with van der Waals surface area (Å²) < 4.78 is 0. The van der Waals surface area contributed by atoms with Crippen molar-refractivity contribution >= 4 is 17.7 Å². The Hall–Kier alpha value is -2.25. The lowest BCUT2D eigenvalue weighted by Crippen LogP contribution is -2.52. The summed E-state index contributed by atoms with van der Waals surface area (Å²) in [4.78, 5) is 37.9. The molecule has 4 aliphatic rings. The lowest BCUT2D eigenvalue weighted by atomic mass is 9.93. The Morgan fingerprint density at radius 2 is 2.07 bits per heavy atom. The number of imide groups is 1. The first-order chi connectivity index (χ1) is 13.6. The second kappa shape index (κ2) is 6.67. The average Bonchev–Trinajstić information content (AvgIpc) is 3.24. The number of amides is 3. The minimum atomic E-state index is -0.552. The van der Waals surface area contributed by atoms with Crippen LogP contribution in [0.1, 0.15) is 47.2 Å². The Bertz CT molecular complexity index is 848. The molecular formula is C21H26N4O3. The van der Waals surface area contributed by atoms with Crippen molar-refractivity contribution in [3.05, 3.63) is 34.9 Å². The molecule has 1 aromatic rings. The van der Waals surface area contributed by atoms with E-state index in [0.717, 1.165) is 37.3 Å². The number of benzene rings is 1. The van der Waals surface area contributed by atoms with Crippen LogP contribution in [0.3, 0.4) is 0 Å². The number of hydrogen-bond acceptors (Lipinski definition) is 5. The van der Waals surface area contributed by atoms with Gasteiger partial charge in [0.1, 0.15) is 6.04 Å². The van der Waals surface area contributed by atoms with E-state index in [9.17, 15) is 14.4 Å². The lowest BCUT2D eigenvalue weighted by Gasteiger charge is -2.29. The average molecular weight is 382 g/mol. The van der Waals surface area contributed by atoms with Crippen LogP contribution in [0.2, 0.25) is 0 Å². The van der Waals surface area contributed by atoms with Crippen LogP contribution in [-0.4, -0.2) is 48.3 Å². The maximum absolute atomic E-state index is 12.7. The van der Waals surface area contributed by atoms with E-state index in [2.05, 4.69) is 22.0 Å². The molecule has 0 aromatic heterocycles. The van der Waals surface area contributed by atoms with Crippen molar-refractivity contribution in [2.45, 2.75) is 44.8 Å². The van der Waals surface area contributed by atoms with E-state index in [1.165, 1.54) is 12.8 Å². The highest BCUT2D eigenvalue weighted by molar-refractivity contribution is 6.05. The van der Waals surface area contributed by atoms with E-state index in [-0.39, 0.29) is 24.1 Å². The normalized spacial score (nSPS) is 28.0. The Morgan fingerprint density at radius 3 is 2.86 bits per heavy atom. The molecule has 28 heavy (non-hydrogen) atoms. The molecule has 3 N–H and O–H groups in total. The van der Waals surface area contributed by atoms with Crippen molar-refractivity contribution in [2.24, 2.45) is 11.3 Å². The molecule has 2 atom stereocenters. The van der Waals surface area contributed by atoms with Gasteiger partial charge in [0, 0.05) is 38.2 Å². The summed E-state index contributed by atoms with van der Waals surface area (Å²) in [5, 5.41) is 9.45. The zero-order chi connectivity index (χ0) is 19.3. The van der Waals surface area contributed by atoms with Gasteiger partial charge in [0.25, 0.3) is 5.91 Å². The van der Waals surface area contributed by atoms with E-state index >= 15 is 0 Å². The molecule has 1 aliphatic carbocycles. The second-order valence-electron chi connectivity index (χ2n) is 8.71. The molecule has 7 nitrogen and oxygen atoms in total. The van der Waals surface area contributed by atoms with Gasteiger partial charge in [-0.1, -0.05) is 12.1 Å². The summed E-state index contributed by atoms with van der Waals surface area (Å²) in [6.07, 6.45) is 3.38. The third-order valence-corrected chi connectivity index (χ3v) is 6.93. The zero-order valence-corrected chi connectivity index (χ0v) is 15.9. The van der Waals surface area contributed by atoms with Gasteiger partial charge in [-0.2, -0.15) is 0 Å². The minimum Gasteiger partial charge on any atom is -0.322 e. The number of fused-ring (bicyclic) bond motifs is 1. The number of carbonyl (C=O) groups excluding carboxylic acids is 3. The van der Waals surface area contributed by atoms with Gasteiger partial charge in [0.15, 0.2) is 0 Å². The molecule has 1 saturated carbocycles. The van der Waals surface area contributed by atoms with Gasteiger partial charge in [-0.25, -0.2) is 0 Å². The Balaban J connectivity index is 1.22. The molecule has 148 valence electrons. The first kappa shape index (κ1) is 17.8. The molecule has 1 aromatic carbocycles. The summed E-state index contributed by atoms with van der Waals surface area (Å²) in [5.41, 5.74) is 3.35. The molecule has 3 aliphatic heterocycles. The molecule has 2 saturated heterocycles. The van der Waals surface area contributed by atoms with Crippen molar-refractivity contribution in [1.29, 1.82) is 0 Å². The summed E-state index contributed by atoms with van der Waals surface area (Å²) in [7, 11) is 0. The number of hydrogen-bond donors (Lipinski definition) is 3. The SMILES string of the molecule is O=C1CCC(N2Cc3cc(CNCC4CNCC45CC5)ccc3C2=O)C(=O)N1. The summed E-state index contributed by atoms with van der Waals surface area (Å²) >= 11 is 0. The van der Waals surface area contributed by atoms with Crippen molar-refractivity contribution < 1.29 is 14.4 Å². The summed E-state index contributed by atoms with van der Waals surface area (Å²) in [5.74, 6) is -0.0223. The first-order valence-corrected chi connectivity index (χ1v) is 10.2. The van der Waals surface area contributed by atoms with Crippen LogP contribution in [0, 0.1) is 11.3 Å². The lowest BCUT2D eigenvalue weighted by molar-refractivity contribution is -0.136. The summed E-state index contributed by atoms with van der Waals surface area (Å²) in [6.45, 7) is 4.50. The van der Waals surface area contributed by atoms with E-state index in [1.807, 2.05) is 12.1 Å². The van der Waals surface area contributed by atoms with Crippen molar-refractivity contribution in [3.8, 4) is 0 Å². The highest BCUT2D eigenvalue weighted by Crippen LogP contribution is 2.53. The van der Waals surface area contributed by atoms with Gasteiger partial charge in [0.05, 0.1) is 0 Å². The molecular weight excluding hydrogens is 356 g/mol. The van der Waals surface area contributed by atoms with E-state index in [4.69, 9.17) is 0 Å². The van der Waals surface area contributed by atoms with Crippen LogP contribution in [-0.2, 0) is 22.7 Å². The fraction of sp³-hybridized carbons (Fsp3) is 0.571. The molecule has 0 bridgehead atoms. The second-order valence-corrected chi connectivity index (χ2v) is 8.71. The standard InChI is InChI=1S/C21H26N4O3/c26-18-4-3-17(19(27)24-18)25-11-14-7-13(1-2-16(14)20(25)28)8-22-9-15-10-23-12-21(15)5-6-21/h1-2,7,15,17,22-23H,3-6,8-12H2,(H,24,26,27). The number of nitrogens with zero attached hydrogens (tertiary/aromatic N) is 1. The van der Waals surface area contributed by atoms with Crippen LogP contribution in [0.5, 0.6) is 0 Å². The van der Waals surface area contributed by atoms with Crippen molar-refractivity contribution in [2.75, 3.05) is 19.6 Å². The minimum absolute atomic E-state index is 0.114. The first-order valence-electron chi connectivity index (χ1n) is 10.2. The largest absolute Gasteiger partial charge is 0.322 e. The summed E-state index contributed by atoms with van der Waals surface area (Å²) in [6, 6.07) is 5.40. The number of rotatable bonds is 5. The molecule has 7 heteroatoms. The zero-order valence-electron chi connectivity index (χ0n) is 15.9. The maximum atomic E-state index is 12.7. The van der Waals surface area contributed by atoms with Crippen LogP contribution in [0.15, 0.2) is 18.2 Å². The fourth-order valence-corrected chi connectivity index (χ4v) is 5.02. The maximum Gasteiger partial charge on any atom is 0.255 e. The van der Waals surface area contributed by atoms with Crippen LogP contribution < -0.4 is 16.0 Å². The number of nitrogens with one attached hydrogen (secondary N) is 3. The van der Waals surface area contributed by atoms with Gasteiger partial charge in [0.2, 0.25) is 11.8 Å². The van der Waals surface area contributed by atoms with Crippen LogP contribution in [0.4, 0.5) is 0 Å². The van der Waals surface area contributed by atoms with Crippen molar-refractivity contribution in [1.82, 2.24) is 20.9 Å². The van der Waals surface area contributed by atoms with Gasteiger partial charge >= 0.3 is 0 Å². The fourth-order valence-electron chi connectivity index (χ4n) is 5.02. The molecule has 0 radical (unpaired) electrons. The topological polar surface area (TPSA) is 90.5 Å². The van der Waals surface area contributed by atoms with Gasteiger partial charge in [-0.15, -0.1) is 0 Å². The van der Waals surface area contributed by atoms with Crippen molar-refractivity contribution in [3.63, 3.8) is 0 Å². The predicted octanol–water partition coefficient (Wildman–Crippen LogP) is 0.537. The number of piperidine rings is 1. The van der Waals surface area contributed by atoms with Crippen LogP contribution >= 0.6 is 0 Å². The third-order valence-electron chi connectivity index (χ3n) is 6.93. The van der Waals surface area contributed by atoms with E-state index in [0.29, 0.717) is 29.9 Å². The smallest absolute Gasteiger partial charge is 0.255 e. The molecule has 2 unspecified atom stereocenters. The van der Waals surface area contributed by atoms with Gasteiger partial charge in [-0.3, -0.25) is 19.7 Å². The third kappa shape index (κ3) is 3.02. The number of carbonyl (C=O) groups is 3. The highest BCUT2D eigenvalue weighted by Gasteiger charge is 2.51. The van der Waals surface area contributed by atoms with Crippen LogP contribution in [0.25, 0.3) is 0 Å². The Labute approximate surface area is 164 Å². The molecule has 3 fully saturated rings. The Kier molecular flexibility index (Phi) is 4.25. The molecule has 1 spiro atoms. The van der Waals surface area contributed by atoms with Gasteiger partial charge in [-0.05, 0) is 54.3 Å². The Morgan fingerprint density at radius 1 is 1.21 bits per heavy atom. The molecule has 3 heterocycles. The van der Waals surface area contributed by atoms with Gasteiger partial charge < -0.3 is 15.5 Å².